The van der Waals surface area contributed by atoms with Crippen molar-refractivity contribution in [2.75, 3.05) is 5.32 Å². The Kier molecular flexibility index (Phi) is 5.58. The lowest BCUT2D eigenvalue weighted by atomic mass is 10.3. The van der Waals surface area contributed by atoms with Crippen LogP contribution in [0.4, 0.5) is 5.69 Å². The largest absolute Gasteiger partial charge is 0.456 e. The predicted molar refractivity (Wildman–Crippen MR) is 111 cm³/mol. The van der Waals surface area contributed by atoms with Crippen molar-refractivity contribution in [2.24, 2.45) is 0 Å². The number of benzene rings is 2. The van der Waals surface area contributed by atoms with E-state index in [2.05, 4.69) is 15.5 Å². The van der Waals surface area contributed by atoms with E-state index in [-0.39, 0.29) is 12.4 Å². The van der Waals surface area contributed by atoms with Gasteiger partial charge in [-0.15, -0.1) is 0 Å². The fraction of sp³-hybridized carbons (Fsp3) is 0.0476. The standard InChI is InChI=1S/C21H15ClN4O4/c22-16-5-1-2-7-18(16)29-15-10-8-14(9-11-15)24-19(27)13-26-20(25-30-21(26)28)17-6-3-4-12-23-17/h1-12H,13H2,(H,24,27). The summed E-state index contributed by atoms with van der Waals surface area (Å²) in [7, 11) is 0. The zero-order valence-corrected chi connectivity index (χ0v) is 16.2. The minimum atomic E-state index is -0.741. The minimum absolute atomic E-state index is 0.180. The van der Waals surface area contributed by atoms with Crippen molar-refractivity contribution in [1.29, 1.82) is 0 Å². The van der Waals surface area contributed by atoms with Gasteiger partial charge in [-0.25, -0.2) is 9.36 Å². The van der Waals surface area contributed by atoms with Gasteiger partial charge < -0.3 is 10.1 Å². The number of pyridine rings is 1. The fourth-order valence-corrected chi connectivity index (χ4v) is 2.87. The number of rotatable bonds is 6. The zero-order valence-electron chi connectivity index (χ0n) is 15.5. The molecule has 9 heteroatoms. The lowest BCUT2D eigenvalue weighted by molar-refractivity contribution is -0.116. The summed E-state index contributed by atoms with van der Waals surface area (Å²) in [6.45, 7) is -0.272. The Morgan fingerprint density at radius 2 is 1.83 bits per heavy atom. The number of amides is 1. The van der Waals surface area contributed by atoms with E-state index in [0.717, 1.165) is 4.57 Å². The van der Waals surface area contributed by atoms with Gasteiger partial charge in [-0.3, -0.25) is 14.3 Å². The summed E-state index contributed by atoms with van der Waals surface area (Å²) in [6, 6.07) is 19.0. The van der Waals surface area contributed by atoms with Gasteiger partial charge >= 0.3 is 5.76 Å². The number of carbonyl (C=O) groups excluding carboxylic acids is 1. The molecule has 0 bridgehead atoms. The Balaban J connectivity index is 1.43. The van der Waals surface area contributed by atoms with E-state index >= 15 is 0 Å². The first kappa shape index (κ1) is 19.4. The van der Waals surface area contributed by atoms with Crippen LogP contribution in [0.3, 0.4) is 0 Å². The molecule has 30 heavy (non-hydrogen) atoms. The highest BCUT2D eigenvalue weighted by molar-refractivity contribution is 6.32. The molecular weight excluding hydrogens is 408 g/mol. The van der Waals surface area contributed by atoms with E-state index in [1.165, 1.54) is 0 Å². The number of hydrogen-bond acceptors (Lipinski definition) is 6. The molecule has 0 saturated carbocycles. The first-order valence-electron chi connectivity index (χ1n) is 8.90. The molecule has 0 fully saturated rings. The number of para-hydroxylation sites is 1. The number of aromatic nitrogens is 3. The van der Waals surface area contributed by atoms with Crippen LogP contribution in [-0.2, 0) is 11.3 Å². The molecule has 2 heterocycles. The molecule has 0 aliphatic heterocycles. The van der Waals surface area contributed by atoms with Gasteiger partial charge in [0.15, 0.2) is 0 Å². The van der Waals surface area contributed by atoms with Crippen LogP contribution in [0.1, 0.15) is 0 Å². The van der Waals surface area contributed by atoms with Crippen LogP contribution in [-0.4, -0.2) is 20.6 Å². The van der Waals surface area contributed by atoms with E-state index in [1.54, 1.807) is 60.8 Å². The number of carbonyl (C=O) groups is 1. The van der Waals surface area contributed by atoms with Crippen LogP contribution in [0.15, 0.2) is 82.2 Å². The first-order chi connectivity index (χ1) is 14.6. The highest BCUT2D eigenvalue weighted by Gasteiger charge is 2.16. The molecule has 1 N–H and O–H groups in total. The SMILES string of the molecule is O=C(Cn1c(-c2ccccn2)noc1=O)Nc1ccc(Oc2ccccc2Cl)cc1. The monoisotopic (exact) mass is 422 g/mol. The second kappa shape index (κ2) is 8.62. The van der Waals surface area contributed by atoms with Crippen LogP contribution >= 0.6 is 11.6 Å². The normalized spacial score (nSPS) is 10.6. The van der Waals surface area contributed by atoms with E-state index in [4.69, 9.17) is 20.9 Å². The van der Waals surface area contributed by atoms with Crippen molar-refractivity contribution in [3.63, 3.8) is 0 Å². The van der Waals surface area contributed by atoms with Crippen LogP contribution in [0.25, 0.3) is 11.5 Å². The number of halogens is 1. The number of hydrogen-bond donors (Lipinski definition) is 1. The van der Waals surface area contributed by atoms with Crippen molar-refractivity contribution >= 4 is 23.2 Å². The fourth-order valence-electron chi connectivity index (χ4n) is 2.69. The molecule has 1 amide bonds. The average molecular weight is 423 g/mol. The van der Waals surface area contributed by atoms with Crippen LogP contribution in [0.5, 0.6) is 11.5 Å². The van der Waals surface area contributed by atoms with E-state index in [0.29, 0.717) is 27.9 Å². The molecule has 0 unspecified atom stereocenters. The van der Waals surface area contributed by atoms with Gasteiger partial charge in [0.05, 0.1) is 5.02 Å². The van der Waals surface area contributed by atoms with Crippen molar-refractivity contribution < 1.29 is 14.1 Å². The summed E-state index contributed by atoms with van der Waals surface area (Å²) < 4.78 is 11.5. The lowest BCUT2D eigenvalue weighted by Crippen LogP contribution is -2.25. The van der Waals surface area contributed by atoms with Crippen molar-refractivity contribution in [3.05, 3.63) is 88.5 Å². The summed E-state index contributed by atoms with van der Waals surface area (Å²) in [5, 5.41) is 6.93. The number of nitrogens with one attached hydrogen (secondary N) is 1. The smallest absolute Gasteiger partial charge is 0.442 e. The Labute approximate surface area is 175 Å². The summed E-state index contributed by atoms with van der Waals surface area (Å²) in [6.07, 6.45) is 1.56. The van der Waals surface area contributed by atoms with Gasteiger partial charge in [0, 0.05) is 11.9 Å². The number of ether oxygens (including phenoxy) is 1. The highest BCUT2D eigenvalue weighted by Crippen LogP contribution is 2.29. The van der Waals surface area contributed by atoms with Gasteiger partial charge in [0.25, 0.3) is 0 Å². The van der Waals surface area contributed by atoms with E-state index in [1.807, 2.05) is 12.1 Å². The Morgan fingerprint density at radius 1 is 1.07 bits per heavy atom. The minimum Gasteiger partial charge on any atom is -0.456 e. The number of nitrogens with zero attached hydrogens (tertiary/aromatic N) is 3. The summed E-state index contributed by atoms with van der Waals surface area (Å²) in [5.74, 6) is 0.115. The quantitative estimate of drug-likeness (QED) is 0.504. The van der Waals surface area contributed by atoms with E-state index < -0.39 is 11.7 Å². The molecule has 0 aliphatic carbocycles. The molecule has 0 radical (unpaired) electrons. The first-order valence-corrected chi connectivity index (χ1v) is 9.28. The van der Waals surface area contributed by atoms with Gasteiger partial charge in [0.1, 0.15) is 23.7 Å². The number of anilines is 1. The third-order valence-corrected chi connectivity index (χ3v) is 4.40. The molecule has 2 aromatic carbocycles. The molecule has 0 spiro atoms. The van der Waals surface area contributed by atoms with Crippen molar-refractivity contribution in [2.45, 2.75) is 6.54 Å². The molecule has 4 aromatic rings. The molecule has 0 aliphatic rings. The van der Waals surface area contributed by atoms with Gasteiger partial charge in [-0.2, -0.15) is 0 Å². The second-order valence-corrected chi connectivity index (χ2v) is 6.59. The zero-order chi connectivity index (χ0) is 20.9. The Bertz CT molecular complexity index is 1220. The Morgan fingerprint density at radius 3 is 2.57 bits per heavy atom. The third kappa shape index (κ3) is 4.39. The maximum Gasteiger partial charge on any atom is 0.442 e. The third-order valence-electron chi connectivity index (χ3n) is 4.08. The maximum atomic E-state index is 12.4. The predicted octanol–water partition coefficient (Wildman–Crippen LogP) is 3.98. The molecule has 4 rings (SSSR count). The molecule has 150 valence electrons. The van der Waals surface area contributed by atoms with Crippen molar-refractivity contribution in [3.8, 4) is 23.0 Å². The van der Waals surface area contributed by atoms with Crippen molar-refractivity contribution in [1.82, 2.24) is 14.7 Å². The molecule has 0 atom stereocenters. The van der Waals surface area contributed by atoms with E-state index in [9.17, 15) is 9.59 Å². The van der Waals surface area contributed by atoms with Crippen LogP contribution in [0.2, 0.25) is 5.02 Å². The molecular formula is C21H15ClN4O4. The topological polar surface area (TPSA) is 99.3 Å². The Hall–Kier alpha value is -3.91. The summed E-state index contributed by atoms with van der Waals surface area (Å²) in [5.41, 5.74) is 0.965. The summed E-state index contributed by atoms with van der Waals surface area (Å²) in [4.78, 5) is 28.5. The maximum absolute atomic E-state index is 12.4. The van der Waals surface area contributed by atoms with Gasteiger partial charge in [-0.05, 0) is 48.5 Å². The van der Waals surface area contributed by atoms with Crippen LogP contribution in [0, 0.1) is 0 Å². The second-order valence-electron chi connectivity index (χ2n) is 6.18. The van der Waals surface area contributed by atoms with Gasteiger partial charge in [0.2, 0.25) is 11.7 Å². The molecule has 0 saturated heterocycles. The van der Waals surface area contributed by atoms with Gasteiger partial charge in [-0.1, -0.05) is 35.0 Å². The summed E-state index contributed by atoms with van der Waals surface area (Å²) >= 11 is 6.08. The molecule has 2 aromatic heterocycles. The lowest BCUT2D eigenvalue weighted by Gasteiger charge is -2.09. The highest BCUT2D eigenvalue weighted by atomic mass is 35.5. The average Bonchev–Trinajstić information content (AvgIpc) is 3.12. The molecule has 8 nitrogen and oxygen atoms in total. The van der Waals surface area contributed by atoms with Crippen LogP contribution < -0.4 is 15.8 Å².